The summed E-state index contributed by atoms with van der Waals surface area (Å²) in [5.74, 6) is 0.200. The highest BCUT2D eigenvalue weighted by Crippen LogP contribution is 2.47. The normalized spacial score (nSPS) is 18.3. The summed E-state index contributed by atoms with van der Waals surface area (Å²) >= 11 is 0. The molecule has 3 heterocycles. The fourth-order valence-electron chi connectivity index (χ4n) is 6.76. The van der Waals surface area contributed by atoms with Crippen LogP contribution in [0.4, 0.5) is 11.4 Å². The van der Waals surface area contributed by atoms with Crippen molar-refractivity contribution >= 4 is 40.0 Å². The second kappa shape index (κ2) is 10.4. The van der Waals surface area contributed by atoms with Gasteiger partial charge in [-0.3, -0.25) is 19.0 Å². The number of benzene rings is 3. The number of hydrogen-bond donors (Lipinski definition) is 0. The Balaban J connectivity index is 1.44. The molecule has 45 heavy (non-hydrogen) atoms. The van der Waals surface area contributed by atoms with Gasteiger partial charge in [0.25, 0.3) is 0 Å². The smallest absolute Gasteiger partial charge is 0.236 e. The van der Waals surface area contributed by atoms with Crippen molar-refractivity contribution in [2.45, 2.75) is 74.1 Å². The van der Waals surface area contributed by atoms with E-state index in [1.165, 1.54) is 0 Å². The molecule has 0 radical (unpaired) electrons. The molecule has 6 nitrogen and oxygen atoms in total. The lowest BCUT2D eigenvalue weighted by Gasteiger charge is -2.27. The van der Waals surface area contributed by atoms with Crippen LogP contribution in [0.1, 0.15) is 101 Å². The minimum absolute atomic E-state index is 0.00600. The topological polar surface area (TPSA) is 62.6 Å². The molecule has 3 aromatic carbocycles. The molecule has 1 aromatic heterocycles. The average Bonchev–Trinajstić information content (AvgIpc) is 3.67. The predicted octanol–water partition coefficient (Wildman–Crippen LogP) is 8.38. The molecule has 2 amide bonds. The van der Waals surface area contributed by atoms with Crippen LogP contribution in [0.15, 0.2) is 72.9 Å². The van der Waals surface area contributed by atoms with Gasteiger partial charge in [-0.1, -0.05) is 105 Å². The lowest BCUT2D eigenvalue weighted by molar-refractivity contribution is -0.126. The number of para-hydroxylation sites is 1. The summed E-state index contributed by atoms with van der Waals surface area (Å²) in [6.45, 7) is 18.7. The fourth-order valence-corrected chi connectivity index (χ4v) is 6.76. The van der Waals surface area contributed by atoms with Gasteiger partial charge in [0.2, 0.25) is 17.7 Å². The summed E-state index contributed by atoms with van der Waals surface area (Å²) in [5, 5.41) is 1.02. The van der Waals surface area contributed by atoms with Gasteiger partial charge in [-0.2, -0.15) is 0 Å². The molecule has 0 N–H and O–H groups in total. The number of fused-ring (bicyclic) bond motifs is 3. The number of amides is 2. The van der Waals surface area contributed by atoms with Crippen LogP contribution >= 0.6 is 0 Å². The Kier molecular flexibility index (Phi) is 7.15. The van der Waals surface area contributed by atoms with Gasteiger partial charge in [-0.25, -0.2) is 0 Å². The van der Waals surface area contributed by atoms with Crippen molar-refractivity contribution in [1.29, 1.82) is 0 Å². The van der Waals surface area contributed by atoms with E-state index in [1.54, 1.807) is 4.57 Å². The summed E-state index contributed by atoms with van der Waals surface area (Å²) in [6, 6.07) is 23.0. The molecule has 2 aliphatic heterocycles. The minimum atomic E-state index is -0.560. The number of carbonyl (C=O) groups is 3. The molecule has 0 fully saturated rings. The Morgan fingerprint density at radius 1 is 0.578 bits per heavy atom. The first-order chi connectivity index (χ1) is 21.0. The monoisotopic (exact) mass is 603 g/mol. The van der Waals surface area contributed by atoms with Gasteiger partial charge in [-0.05, 0) is 46.5 Å². The van der Waals surface area contributed by atoms with Crippen LogP contribution in [0.5, 0.6) is 0 Å². The van der Waals surface area contributed by atoms with Crippen LogP contribution in [0.3, 0.4) is 0 Å². The highest BCUT2D eigenvalue weighted by molar-refractivity contribution is 6.01. The molecule has 0 bridgehead atoms. The van der Waals surface area contributed by atoms with E-state index in [2.05, 4.69) is 42.5 Å². The van der Waals surface area contributed by atoms with Gasteiger partial charge in [0.1, 0.15) is 0 Å². The SMILES string of the molecule is CC(C)(C)C(=O)N1CC(c2ccc3c(c2)N(C(=O)C(C)(C)C)CC3c2ccc3ccn(C(=O)C(C)(C)C)c3c2)c2ccccc21. The number of anilines is 2. The van der Waals surface area contributed by atoms with Crippen molar-refractivity contribution in [2.75, 3.05) is 22.9 Å². The lowest BCUT2D eigenvalue weighted by Crippen LogP contribution is -2.39. The van der Waals surface area contributed by atoms with Crippen LogP contribution in [0.25, 0.3) is 10.9 Å². The van der Waals surface area contributed by atoms with E-state index in [1.807, 2.05) is 103 Å². The summed E-state index contributed by atoms with van der Waals surface area (Å²) in [5.41, 5.74) is 5.61. The highest BCUT2D eigenvalue weighted by atomic mass is 16.2. The molecular weight excluding hydrogens is 558 g/mol. The summed E-state index contributed by atoms with van der Waals surface area (Å²) in [6.07, 6.45) is 1.86. The van der Waals surface area contributed by atoms with Crippen LogP contribution < -0.4 is 9.80 Å². The molecule has 0 spiro atoms. The lowest BCUT2D eigenvalue weighted by atomic mass is 9.88. The second-order valence-corrected chi connectivity index (χ2v) is 15.9. The molecule has 0 saturated heterocycles. The number of nitrogens with zero attached hydrogens (tertiary/aromatic N) is 3. The zero-order chi connectivity index (χ0) is 32.6. The van der Waals surface area contributed by atoms with Crippen LogP contribution in [0, 0.1) is 16.2 Å². The van der Waals surface area contributed by atoms with Gasteiger partial charge < -0.3 is 9.80 Å². The first-order valence-electron chi connectivity index (χ1n) is 16.0. The molecule has 0 saturated carbocycles. The van der Waals surface area contributed by atoms with E-state index in [9.17, 15) is 14.4 Å². The second-order valence-electron chi connectivity index (χ2n) is 15.9. The van der Waals surface area contributed by atoms with Crippen molar-refractivity contribution in [3.05, 3.63) is 95.2 Å². The summed E-state index contributed by atoms with van der Waals surface area (Å²) in [4.78, 5) is 44.6. The zero-order valence-corrected chi connectivity index (χ0v) is 28.1. The molecule has 6 heteroatoms. The van der Waals surface area contributed by atoms with E-state index >= 15 is 0 Å². The third-order valence-electron chi connectivity index (χ3n) is 9.21. The Bertz CT molecular complexity index is 1840. The summed E-state index contributed by atoms with van der Waals surface area (Å²) < 4.78 is 1.76. The third-order valence-corrected chi connectivity index (χ3v) is 9.21. The Hall–Kier alpha value is -4.19. The van der Waals surface area contributed by atoms with Crippen LogP contribution in [0.2, 0.25) is 0 Å². The molecule has 6 rings (SSSR count). The van der Waals surface area contributed by atoms with Crippen molar-refractivity contribution < 1.29 is 14.4 Å². The predicted molar refractivity (Wildman–Crippen MR) is 182 cm³/mol. The maximum atomic E-state index is 13.9. The first-order valence-corrected chi connectivity index (χ1v) is 16.0. The molecule has 2 unspecified atom stereocenters. The first kappa shape index (κ1) is 30.8. The van der Waals surface area contributed by atoms with Gasteiger partial charge in [0.15, 0.2) is 0 Å². The van der Waals surface area contributed by atoms with Crippen molar-refractivity contribution in [3.8, 4) is 0 Å². The Morgan fingerprint density at radius 2 is 1.09 bits per heavy atom. The minimum Gasteiger partial charge on any atom is -0.311 e. The molecule has 4 aromatic rings. The standard InChI is InChI=1S/C39H45N3O3/c1-37(2,3)34(43)40-19-18-24-14-15-25(20-32(24)40)30-23-42(36(45)39(7,8)9)33-21-26(16-17-28(30)33)29-22-41(35(44)38(4,5)6)31-13-11-10-12-27(29)31/h10-21,29-30H,22-23H2,1-9H3. The highest BCUT2D eigenvalue weighted by Gasteiger charge is 2.41. The molecule has 2 aliphatic rings. The van der Waals surface area contributed by atoms with Crippen molar-refractivity contribution in [1.82, 2.24) is 4.57 Å². The number of hydrogen-bond acceptors (Lipinski definition) is 3. The maximum Gasteiger partial charge on any atom is 0.236 e. The number of rotatable bonds is 2. The van der Waals surface area contributed by atoms with Gasteiger partial charge in [0, 0.05) is 64.1 Å². The van der Waals surface area contributed by atoms with E-state index in [0.29, 0.717) is 13.1 Å². The van der Waals surface area contributed by atoms with Crippen LogP contribution in [-0.4, -0.2) is 35.4 Å². The van der Waals surface area contributed by atoms with Gasteiger partial charge in [-0.15, -0.1) is 0 Å². The fraction of sp³-hybridized carbons (Fsp3) is 0.410. The maximum absolute atomic E-state index is 13.9. The number of aromatic nitrogens is 1. The summed E-state index contributed by atoms with van der Waals surface area (Å²) in [7, 11) is 0. The third kappa shape index (κ3) is 5.28. The molecule has 2 atom stereocenters. The molecule has 234 valence electrons. The Morgan fingerprint density at radius 3 is 1.69 bits per heavy atom. The quantitative estimate of drug-likeness (QED) is 0.231. The molecule has 0 aliphatic carbocycles. The van der Waals surface area contributed by atoms with E-state index in [0.717, 1.165) is 44.5 Å². The van der Waals surface area contributed by atoms with Gasteiger partial charge in [0.05, 0.1) is 5.52 Å². The Labute approximate surface area is 267 Å². The average molecular weight is 604 g/mol. The molecular formula is C39H45N3O3. The van der Waals surface area contributed by atoms with E-state index in [-0.39, 0.29) is 29.6 Å². The van der Waals surface area contributed by atoms with E-state index < -0.39 is 16.2 Å². The van der Waals surface area contributed by atoms with Crippen molar-refractivity contribution in [3.63, 3.8) is 0 Å². The van der Waals surface area contributed by atoms with Gasteiger partial charge >= 0.3 is 0 Å². The van der Waals surface area contributed by atoms with Crippen LogP contribution in [-0.2, 0) is 9.59 Å². The zero-order valence-electron chi connectivity index (χ0n) is 28.1. The largest absolute Gasteiger partial charge is 0.311 e. The number of carbonyl (C=O) groups excluding carboxylic acids is 3. The van der Waals surface area contributed by atoms with E-state index in [4.69, 9.17) is 0 Å². The van der Waals surface area contributed by atoms with Crippen molar-refractivity contribution in [2.24, 2.45) is 16.2 Å².